The number of hydrogen-bond acceptors (Lipinski definition) is 2. The summed E-state index contributed by atoms with van der Waals surface area (Å²) in [7, 11) is -4.13. The molecule has 0 bridgehead atoms. The molecule has 0 atom stereocenters. The molecule has 20 heavy (non-hydrogen) atoms. The number of nitrogens with one attached hydrogen (secondary N) is 2. The number of halogens is 2. The summed E-state index contributed by atoms with van der Waals surface area (Å²) >= 11 is 0. The van der Waals surface area contributed by atoms with E-state index in [1.165, 1.54) is 17.7 Å². The fourth-order valence-corrected chi connectivity index (χ4v) is 3.69. The second-order valence-corrected chi connectivity index (χ2v) is 6.71. The first-order valence-corrected chi connectivity index (χ1v) is 8.26. The van der Waals surface area contributed by atoms with Crippen molar-refractivity contribution in [2.24, 2.45) is 0 Å². The van der Waals surface area contributed by atoms with Crippen LogP contribution in [0, 0.1) is 11.6 Å². The van der Waals surface area contributed by atoms with Gasteiger partial charge in [0.25, 0.3) is 0 Å². The molecule has 2 rings (SSSR count). The number of quaternary nitrogens is 1. The fraction of sp³-hybridized carbons (Fsp3) is 0.538. The molecule has 0 aliphatic carbocycles. The predicted molar refractivity (Wildman–Crippen MR) is 71.0 cm³/mol. The lowest BCUT2D eigenvalue weighted by molar-refractivity contribution is -0.887. The van der Waals surface area contributed by atoms with E-state index in [9.17, 15) is 17.2 Å². The van der Waals surface area contributed by atoms with Crippen molar-refractivity contribution >= 4 is 10.0 Å². The van der Waals surface area contributed by atoms with Gasteiger partial charge in [-0.3, -0.25) is 0 Å². The monoisotopic (exact) mass is 305 g/mol. The van der Waals surface area contributed by atoms with Crippen molar-refractivity contribution in [3.05, 3.63) is 29.8 Å². The lowest BCUT2D eigenvalue weighted by atomic mass is 10.3. The summed E-state index contributed by atoms with van der Waals surface area (Å²) in [5.74, 6) is -2.13. The minimum absolute atomic E-state index is 0.194. The predicted octanol–water partition coefficient (Wildman–Crippen LogP) is 0.312. The average Bonchev–Trinajstić information content (AvgIpc) is 2.87. The first-order chi connectivity index (χ1) is 9.50. The van der Waals surface area contributed by atoms with Crippen LogP contribution in [0.3, 0.4) is 0 Å². The van der Waals surface area contributed by atoms with Gasteiger partial charge in [-0.2, -0.15) is 0 Å². The molecular formula is C13H19F2N2O2S+. The molecule has 0 saturated carbocycles. The Labute approximate surface area is 117 Å². The van der Waals surface area contributed by atoms with E-state index in [0.29, 0.717) is 6.42 Å². The molecule has 1 aliphatic heterocycles. The Morgan fingerprint density at radius 1 is 1.15 bits per heavy atom. The topological polar surface area (TPSA) is 50.6 Å². The van der Waals surface area contributed by atoms with E-state index >= 15 is 0 Å². The molecular weight excluding hydrogens is 286 g/mol. The molecule has 0 unspecified atom stereocenters. The Kier molecular flexibility index (Phi) is 5.06. The molecule has 7 heteroatoms. The van der Waals surface area contributed by atoms with Gasteiger partial charge in [-0.05, 0) is 12.1 Å². The summed E-state index contributed by atoms with van der Waals surface area (Å²) in [4.78, 5) is 0.565. The molecule has 1 saturated heterocycles. The third kappa shape index (κ3) is 3.74. The Balaban J connectivity index is 1.90. The van der Waals surface area contributed by atoms with Gasteiger partial charge in [-0.15, -0.1) is 0 Å². The standard InChI is InChI=1S/C13H18F2N2O2S/c14-11-5-3-6-12(15)13(11)20(18,19)16-7-4-10-17-8-1-2-9-17/h3,5-6,16H,1-2,4,7-10H2/p+1. The highest BCUT2D eigenvalue weighted by Crippen LogP contribution is 2.17. The van der Waals surface area contributed by atoms with Crippen LogP contribution in [0.15, 0.2) is 23.1 Å². The zero-order valence-corrected chi connectivity index (χ0v) is 12.0. The number of benzene rings is 1. The number of hydrogen-bond donors (Lipinski definition) is 2. The molecule has 0 radical (unpaired) electrons. The Morgan fingerprint density at radius 3 is 2.35 bits per heavy atom. The molecule has 0 amide bonds. The van der Waals surface area contributed by atoms with Crippen LogP contribution in [0.4, 0.5) is 8.78 Å². The van der Waals surface area contributed by atoms with Crippen LogP contribution in [0.5, 0.6) is 0 Å². The van der Waals surface area contributed by atoms with E-state index in [2.05, 4.69) is 4.72 Å². The molecule has 112 valence electrons. The van der Waals surface area contributed by atoms with Crippen molar-refractivity contribution in [1.82, 2.24) is 4.72 Å². The summed E-state index contributed by atoms with van der Waals surface area (Å²) in [5, 5.41) is 0. The molecule has 1 aromatic carbocycles. The molecule has 1 fully saturated rings. The van der Waals surface area contributed by atoms with Crippen LogP contribution in [0.2, 0.25) is 0 Å². The van der Waals surface area contributed by atoms with Crippen molar-refractivity contribution in [2.45, 2.75) is 24.2 Å². The third-order valence-corrected chi connectivity index (χ3v) is 5.01. The van der Waals surface area contributed by atoms with Gasteiger partial charge in [-0.25, -0.2) is 21.9 Å². The van der Waals surface area contributed by atoms with Crippen LogP contribution >= 0.6 is 0 Å². The van der Waals surface area contributed by atoms with E-state index in [0.717, 1.165) is 37.8 Å². The normalized spacial score (nSPS) is 16.7. The molecule has 0 aromatic heterocycles. The van der Waals surface area contributed by atoms with E-state index in [4.69, 9.17) is 0 Å². The van der Waals surface area contributed by atoms with Gasteiger partial charge >= 0.3 is 0 Å². The van der Waals surface area contributed by atoms with Gasteiger partial charge in [-0.1, -0.05) is 6.07 Å². The van der Waals surface area contributed by atoms with E-state index in [1.807, 2.05) is 0 Å². The summed E-state index contributed by atoms with van der Waals surface area (Å²) in [6.45, 7) is 3.31. The lowest BCUT2D eigenvalue weighted by Gasteiger charge is -2.12. The first kappa shape index (κ1) is 15.3. The maximum Gasteiger partial charge on any atom is 0.246 e. The molecule has 1 aromatic rings. The third-order valence-electron chi connectivity index (χ3n) is 3.50. The quantitative estimate of drug-likeness (QED) is 0.743. The average molecular weight is 305 g/mol. The molecule has 1 heterocycles. The minimum Gasteiger partial charge on any atom is -0.335 e. The first-order valence-electron chi connectivity index (χ1n) is 6.78. The molecule has 4 nitrogen and oxygen atoms in total. The summed E-state index contributed by atoms with van der Waals surface area (Å²) in [5.41, 5.74) is 0. The number of rotatable bonds is 6. The SMILES string of the molecule is O=S(=O)(NCCC[NH+]1CCCC1)c1c(F)cccc1F. The maximum absolute atomic E-state index is 13.4. The zero-order chi connectivity index (χ0) is 14.6. The van der Waals surface area contributed by atoms with Crippen molar-refractivity contribution in [2.75, 3.05) is 26.2 Å². The van der Waals surface area contributed by atoms with Crippen molar-refractivity contribution in [3.8, 4) is 0 Å². The zero-order valence-electron chi connectivity index (χ0n) is 11.2. The maximum atomic E-state index is 13.4. The molecule has 1 aliphatic rings. The molecule has 0 spiro atoms. The lowest BCUT2D eigenvalue weighted by Crippen LogP contribution is -3.10. The smallest absolute Gasteiger partial charge is 0.246 e. The Hall–Kier alpha value is -1.05. The van der Waals surface area contributed by atoms with Crippen molar-refractivity contribution in [3.63, 3.8) is 0 Å². The van der Waals surface area contributed by atoms with Gasteiger partial charge in [0.1, 0.15) is 11.6 Å². The van der Waals surface area contributed by atoms with Gasteiger partial charge in [0, 0.05) is 25.8 Å². The van der Waals surface area contributed by atoms with E-state index in [-0.39, 0.29) is 6.54 Å². The van der Waals surface area contributed by atoms with Crippen LogP contribution in [-0.2, 0) is 10.0 Å². The molecule has 2 N–H and O–H groups in total. The second-order valence-electron chi connectivity index (χ2n) is 5.01. The number of likely N-dealkylation sites (tertiary alicyclic amines) is 1. The van der Waals surface area contributed by atoms with Gasteiger partial charge in [0.2, 0.25) is 10.0 Å². The fourth-order valence-electron chi connectivity index (χ4n) is 2.48. The minimum atomic E-state index is -4.13. The van der Waals surface area contributed by atoms with Crippen molar-refractivity contribution < 1.29 is 22.1 Å². The van der Waals surface area contributed by atoms with Gasteiger partial charge in [0.05, 0.1) is 19.6 Å². The van der Waals surface area contributed by atoms with Gasteiger partial charge in [0.15, 0.2) is 4.90 Å². The highest BCUT2D eigenvalue weighted by atomic mass is 32.2. The van der Waals surface area contributed by atoms with E-state index in [1.54, 1.807) is 0 Å². The van der Waals surface area contributed by atoms with Crippen LogP contribution in [0.1, 0.15) is 19.3 Å². The van der Waals surface area contributed by atoms with Crippen LogP contribution in [0.25, 0.3) is 0 Å². The van der Waals surface area contributed by atoms with Crippen molar-refractivity contribution in [1.29, 1.82) is 0 Å². The van der Waals surface area contributed by atoms with Crippen LogP contribution in [-0.4, -0.2) is 34.6 Å². The Morgan fingerprint density at radius 2 is 1.75 bits per heavy atom. The Bertz CT molecular complexity index is 537. The number of sulfonamides is 1. The second kappa shape index (κ2) is 6.60. The highest BCUT2D eigenvalue weighted by molar-refractivity contribution is 7.89. The summed E-state index contributed by atoms with van der Waals surface area (Å²) < 4.78 is 52.9. The largest absolute Gasteiger partial charge is 0.335 e. The highest BCUT2D eigenvalue weighted by Gasteiger charge is 2.23. The van der Waals surface area contributed by atoms with Gasteiger partial charge < -0.3 is 4.90 Å². The summed E-state index contributed by atoms with van der Waals surface area (Å²) in [6.07, 6.45) is 3.08. The van der Waals surface area contributed by atoms with Crippen LogP contribution < -0.4 is 9.62 Å². The summed E-state index contributed by atoms with van der Waals surface area (Å²) in [6, 6.07) is 3.01. The van der Waals surface area contributed by atoms with E-state index < -0.39 is 26.6 Å².